The molecule has 2 nitrogen and oxygen atoms in total. The molecule has 1 atom stereocenters. The lowest BCUT2D eigenvalue weighted by atomic mass is 9.99. The maximum absolute atomic E-state index is 5.10. The van der Waals surface area contributed by atoms with Gasteiger partial charge in [0.15, 0.2) is 0 Å². The van der Waals surface area contributed by atoms with Gasteiger partial charge in [0.1, 0.15) is 5.84 Å². The summed E-state index contributed by atoms with van der Waals surface area (Å²) in [5.74, 6) is 1.72. The standard InChI is InChI=1S/C20H26N2/c1-14(2)18-13-22(20(3,4)5)19(21-18)17-12-8-10-15-9-6-7-11-16(15)17/h6-12,14,18H,13H2,1-5H3/t18-/m1/s1. The molecule has 1 heterocycles. The second-order valence-electron chi connectivity index (χ2n) is 7.57. The van der Waals surface area contributed by atoms with Crippen LogP contribution >= 0.6 is 0 Å². The third-order valence-electron chi connectivity index (χ3n) is 4.52. The molecule has 0 aliphatic carbocycles. The topological polar surface area (TPSA) is 15.6 Å². The predicted molar refractivity (Wildman–Crippen MR) is 95.6 cm³/mol. The molecule has 2 aromatic rings. The van der Waals surface area contributed by atoms with E-state index in [0.717, 1.165) is 12.4 Å². The summed E-state index contributed by atoms with van der Waals surface area (Å²) in [5.41, 5.74) is 1.34. The fourth-order valence-corrected chi connectivity index (χ4v) is 3.13. The van der Waals surface area contributed by atoms with E-state index in [1.54, 1.807) is 0 Å². The summed E-state index contributed by atoms with van der Waals surface area (Å²) in [5, 5.41) is 2.58. The predicted octanol–water partition coefficient (Wildman–Crippen LogP) is 4.73. The average Bonchev–Trinajstić information content (AvgIpc) is 2.92. The Labute approximate surface area is 133 Å². The van der Waals surface area contributed by atoms with E-state index < -0.39 is 0 Å². The smallest absolute Gasteiger partial charge is 0.132 e. The number of fused-ring (bicyclic) bond motifs is 1. The summed E-state index contributed by atoms with van der Waals surface area (Å²) < 4.78 is 0. The maximum atomic E-state index is 5.10. The van der Waals surface area contributed by atoms with Gasteiger partial charge in [-0.1, -0.05) is 56.3 Å². The monoisotopic (exact) mass is 294 g/mol. The lowest BCUT2D eigenvalue weighted by Gasteiger charge is -2.35. The fourth-order valence-electron chi connectivity index (χ4n) is 3.13. The highest BCUT2D eigenvalue weighted by Crippen LogP contribution is 2.30. The van der Waals surface area contributed by atoms with Gasteiger partial charge in [-0.15, -0.1) is 0 Å². The molecule has 0 radical (unpaired) electrons. The van der Waals surface area contributed by atoms with Gasteiger partial charge in [-0.05, 0) is 37.5 Å². The van der Waals surface area contributed by atoms with Crippen LogP contribution in [-0.4, -0.2) is 28.9 Å². The van der Waals surface area contributed by atoms with Crippen LogP contribution in [0.4, 0.5) is 0 Å². The molecule has 0 saturated carbocycles. The van der Waals surface area contributed by atoms with Gasteiger partial charge in [-0.3, -0.25) is 4.99 Å². The number of hydrogen-bond donors (Lipinski definition) is 0. The van der Waals surface area contributed by atoms with Crippen molar-refractivity contribution in [3.05, 3.63) is 48.0 Å². The minimum atomic E-state index is 0.0828. The zero-order chi connectivity index (χ0) is 15.9. The first-order chi connectivity index (χ1) is 10.4. The van der Waals surface area contributed by atoms with Crippen molar-refractivity contribution >= 4 is 16.6 Å². The Kier molecular flexibility index (Phi) is 3.72. The van der Waals surface area contributed by atoms with Gasteiger partial charge in [-0.25, -0.2) is 0 Å². The van der Waals surface area contributed by atoms with Crippen LogP contribution in [0.5, 0.6) is 0 Å². The molecule has 22 heavy (non-hydrogen) atoms. The lowest BCUT2D eigenvalue weighted by molar-refractivity contribution is 0.235. The molecule has 0 saturated heterocycles. The number of aliphatic imine (C=N–C) groups is 1. The van der Waals surface area contributed by atoms with Crippen molar-refractivity contribution in [3.8, 4) is 0 Å². The molecular formula is C20H26N2. The summed E-state index contributed by atoms with van der Waals surface area (Å²) in [6, 6.07) is 15.5. The van der Waals surface area contributed by atoms with Gasteiger partial charge >= 0.3 is 0 Å². The fraction of sp³-hybridized carbons (Fsp3) is 0.450. The molecule has 2 aromatic carbocycles. The van der Waals surface area contributed by atoms with E-state index in [2.05, 4.69) is 82.0 Å². The summed E-state index contributed by atoms with van der Waals surface area (Å²) in [6.45, 7) is 12.4. The molecule has 0 amide bonds. The first-order valence-corrected chi connectivity index (χ1v) is 8.21. The Morgan fingerprint density at radius 3 is 2.41 bits per heavy atom. The second-order valence-corrected chi connectivity index (χ2v) is 7.57. The lowest BCUT2D eigenvalue weighted by Crippen LogP contribution is -2.45. The van der Waals surface area contributed by atoms with E-state index in [9.17, 15) is 0 Å². The molecular weight excluding hydrogens is 268 g/mol. The molecule has 0 N–H and O–H groups in total. The van der Waals surface area contributed by atoms with Crippen LogP contribution < -0.4 is 0 Å². The molecule has 0 fully saturated rings. The Morgan fingerprint density at radius 2 is 1.73 bits per heavy atom. The van der Waals surface area contributed by atoms with Gasteiger partial charge in [0.25, 0.3) is 0 Å². The summed E-state index contributed by atoms with van der Waals surface area (Å²) in [4.78, 5) is 7.57. The van der Waals surface area contributed by atoms with Crippen LogP contribution in [0.25, 0.3) is 10.8 Å². The first kappa shape index (κ1) is 15.1. The Morgan fingerprint density at radius 1 is 1.05 bits per heavy atom. The van der Waals surface area contributed by atoms with E-state index >= 15 is 0 Å². The summed E-state index contributed by atoms with van der Waals surface area (Å²) in [6.07, 6.45) is 0. The Balaban J connectivity index is 2.15. The van der Waals surface area contributed by atoms with Crippen LogP contribution in [0, 0.1) is 5.92 Å². The highest BCUT2D eigenvalue weighted by molar-refractivity contribution is 6.10. The van der Waals surface area contributed by atoms with E-state index in [1.165, 1.54) is 16.3 Å². The molecule has 116 valence electrons. The third kappa shape index (κ3) is 2.63. The van der Waals surface area contributed by atoms with Crippen molar-refractivity contribution in [3.63, 3.8) is 0 Å². The van der Waals surface area contributed by atoms with Crippen molar-refractivity contribution in [1.82, 2.24) is 4.90 Å². The van der Waals surface area contributed by atoms with Gasteiger partial charge in [0, 0.05) is 17.6 Å². The zero-order valence-corrected chi connectivity index (χ0v) is 14.3. The van der Waals surface area contributed by atoms with Crippen molar-refractivity contribution in [1.29, 1.82) is 0 Å². The number of amidine groups is 1. The molecule has 0 unspecified atom stereocenters. The number of rotatable bonds is 2. The quantitative estimate of drug-likeness (QED) is 0.782. The SMILES string of the molecule is CC(C)[C@H]1CN(C(C)(C)C)C(c2cccc3ccccc23)=N1. The van der Waals surface area contributed by atoms with Crippen LogP contribution in [-0.2, 0) is 0 Å². The normalized spacial score (nSPS) is 19.1. The molecule has 1 aliphatic heterocycles. The van der Waals surface area contributed by atoms with Crippen molar-refractivity contribution in [2.24, 2.45) is 10.9 Å². The van der Waals surface area contributed by atoms with Crippen molar-refractivity contribution in [2.75, 3.05) is 6.54 Å². The molecule has 3 rings (SSSR count). The van der Waals surface area contributed by atoms with Gasteiger partial charge < -0.3 is 4.90 Å². The van der Waals surface area contributed by atoms with Crippen molar-refractivity contribution < 1.29 is 0 Å². The molecule has 0 aromatic heterocycles. The third-order valence-corrected chi connectivity index (χ3v) is 4.52. The summed E-state index contributed by atoms with van der Waals surface area (Å²) in [7, 11) is 0. The van der Waals surface area contributed by atoms with Gasteiger partial charge in [0.2, 0.25) is 0 Å². The average molecular weight is 294 g/mol. The minimum absolute atomic E-state index is 0.0828. The Hall–Kier alpha value is -1.83. The second kappa shape index (κ2) is 5.42. The highest BCUT2D eigenvalue weighted by Gasteiger charge is 2.35. The van der Waals surface area contributed by atoms with E-state index in [-0.39, 0.29) is 5.54 Å². The van der Waals surface area contributed by atoms with Crippen LogP contribution in [0.2, 0.25) is 0 Å². The van der Waals surface area contributed by atoms with Gasteiger partial charge in [-0.2, -0.15) is 0 Å². The Bertz CT molecular complexity index is 702. The molecule has 0 bridgehead atoms. The number of nitrogens with zero attached hydrogens (tertiary/aromatic N) is 2. The van der Waals surface area contributed by atoms with E-state index in [1.807, 2.05) is 0 Å². The van der Waals surface area contributed by atoms with Crippen molar-refractivity contribution in [2.45, 2.75) is 46.2 Å². The molecule has 0 spiro atoms. The molecule has 2 heteroatoms. The van der Waals surface area contributed by atoms with Crippen LogP contribution in [0.15, 0.2) is 47.5 Å². The maximum Gasteiger partial charge on any atom is 0.132 e. The largest absolute Gasteiger partial charge is 0.349 e. The minimum Gasteiger partial charge on any atom is -0.349 e. The highest BCUT2D eigenvalue weighted by atomic mass is 15.3. The number of hydrogen-bond acceptors (Lipinski definition) is 2. The van der Waals surface area contributed by atoms with Gasteiger partial charge in [0.05, 0.1) is 6.04 Å². The molecule has 1 aliphatic rings. The first-order valence-electron chi connectivity index (χ1n) is 8.21. The van der Waals surface area contributed by atoms with E-state index in [0.29, 0.717) is 12.0 Å². The van der Waals surface area contributed by atoms with Crippen LogP contribution in [0.1, 0.15) is 40.2 Å². The van der Waals surface area contributed by atoms with E-state index in [4.69, 9.17) is 4.99 Å². The number of benzene rings is 2. The zero-order valence-electron chi connectivity index (χ0n) is 14.3. The van der Waals surface area contributed by atoms with Crippen LogP contribution in [0.3, 0.4) is 0 Å². The summed E-state index contributed by atoms with van der Waals surface area (Å²) >= 11 is 0.